The zero-order chi connectivity index (χ0) is 16.2. The van der Waals surface area contributed by atoms with Crippen molar-refractivity contribution in [1.82, 2.24) is 10.1 Å². The van der Waals surface area contributed by atoms with Gasteiger partial charge in [-0.25, -0.2) is 0 Å². The first-order chi connectivity index (χ1) is 11.1. The zero-order valence-electron chi connectivity index (χ0n) is 13.1. The molecule has 1 fully saturated rings. The van der Waals surface area contributed by atoms with E-state index in [4.69, 9.17) is 20.9 Å². The van der Waals surface area contributed by atoms with Crippen LogP contribution in [0.3, 0.4) is 0 Å². The molecule has 1 aromatic carbocycles. The SMILES string of the molecule is COCc1cc(C2CN(CC(O)Cc3cccc(Cl)c3)C2)no1. The van der Waals surface area contributed by atoms with Crippen LogP contribution in [-0.2, 0) is 17.8 Å². The summed E-state index contributed by atoms with van der Waals surface area (Å²) in [4.78, 5) is 2.23. The molecule has 2 aromatic rings. The van der Waals surface area contributed by atoms with Gasteiger partial charge in [-0.1, -0.05) is 28.9 Å². The van der Waals surface area contributed by atoms with Crippen molar-refractivity contribution in [2.45, 2.75) is 25.0 Å². The highest BCUT2D eigenvalue weighted by Crippen LogP contribution is 2.27. The van der Waals surface area contributed by atoms with Crippen LogP contribution in [0, 0.1) is 0 Å². The van der Waals surface area contributed by atoms with Crippen molar-refractivity contribution in [3.05, 3.63) is 52.4 Å². The van der Waals surface area contributed by atoms with Crippen molar-refractivity contribution >= 4 is 11.6 Å². The van der Waals surface area contributed by atoms with E-state index in [0.29, 0.717) is 30.5 Å². The summed E-state index contributed by atoms with van der Waals surface area (Å²) >= 11 is 5.97. The van der Waals surface area contributed by atoms with Crippen LogP contribution in [-0.4, -0.2) is 48.0 Å². The Kier molecular flexibility index (Phi) is 5.33. The van der Waals surface area contributed by atoms with Gasteiger partial charge in [0.15, 0.2) is 5.76 Å². The van der Waals surface area contributed by atoms with Gasteiger partial charge in [-0.3, -0.25) is 4.90 Å². The third-order valence-corrected chi connectivity index (χ3v) is 4.30. The fraction of sp³-hybridized carbons (Fsp3) is 0.471. The molecule has 0 bridgehead atoms. The molecule has 124 valence electrons. The highest BCUT2D eigenvalue weighted by Gasteiger charge is 2.31. The van der Waals surface area contributed by atoms with Crippen molar-refractivity contribution in [2.75, 3.05) is 26.7 Å². The van der Waals surface area contributed by atoms with Gasteiger partial charge >= 0.3 is 0 Å². The molecule has 5 nitrogen and oxygen atoms in total. The lowest BCUT2D eigenvalue weighted by atomic mass is 9.95. The van der Waals surface area contributed by atoms with E-state index in [2.05, 4.69) is 10.1 Å². The Morgan fingerprint density at radius 2 is 2.26 bits per heavy atom. The molecule has 1 saturated heterocycles. The molecule has 6 heteroatoms. The molecule has 23 heavy (non-hydrogen) atoms. The quantitative estimate of drug-likeness (QED) is 0.841. The number of rotatable bonds is 7. The Bertz CT molecular complexity index is 640. The van der Waals surface area contributed by atoms with Gasteiger partial charge in [0.05, 0.1) is 11.8 Å². The first kappa shape index (κ1) is 16.5. The van der Waals surface area contributed by atoms with E-state index in [1.165, 1.54) is 0 Å². The number of aliphatic hydroxyl groups excluding tert-OH is 1. The van der Waals surface area contributed by atoms with Crippen LogP contribution in [0.4, 0.5) is 0 Å². The van der Waals surface area contributed by atoms with Crippen LogP contribution in [0.1, 0.15) is 22.9 Å². The molecule has 0 radical (unpaired) electrons. The van der Waals surface area contributed by atoms with Crippen LogP contribution in [0.25, 0.3) is 0 Å². The normalized spacial score (nSPS) is 17.2. The van der Waals surface area contributed by atoms with Gasteiger partial charge in [0, 0.05) is 43.8 Å². The van der Waals surface area contributed by atoms with Gasteiger partial charge in [-0.15, -0.1) is 0 Å². The first-order valence-corrected chi connectivity index (χ1v) is 8.11. The molecular weight excluding hydrogens is 316 g/mol. The van der Waals surface area contributed by atoms with Gasteiger partial charge in [0.25, 0.3) is 0 Å². The lowest BCUT2D eigenvalue weighted by Gasteiger charge is -2.39. The number of hydrogen-bond donors (Lipinski definition) is 1. The molecular formula is C17H21ClN2O3. The average Bonchev–Trinajstić information content (AvgIpc) is 2.91. The summed E-state index contributed by atoms with van der Waals surface area (Å²) in [6.45, 7) is 2.89. The summed E-state index contributed by atoms with van der Waals surface area (Å²) in [7, 11) is 1.63. The van der Waals surface area contributed by atoms with Crippen LogP contribution in [0.2, 0.25) is 5.02 Å². The minimum atomic E-state index is -0.393. The minimum absolute atomic E-state index is 0.378. The average molecular weight is 337 g/mol. The zero-order valence-corrected chi connectivity index (χ0v) is 13.9. The maximum atomic E-state index is 10.2. The van der Waals surface area contributed by atoms with E-state index in [1.54, 1.807) is 7.11 Å². The van der Waals surface area contributed by atoms with Gasteiger partial charge in [0.2, 0.25) is 0 Å². The van der Waals surface area contributed by atoms with E-state index in [-0.39, 0.29) is 0 Å². The highest BCUT2D eigenvalue weighted by atomic mass is 35.5. The summed E-state index contributed by atoms with van der Waals surface area (Å²) in [5, 5.41) is 15.0. The molecule has 0 aliphatic carbocycles. The number of likely N-dealkylation sites (tertiary alicyclic amines) is 1. The second-order valence-corrected chi connectivity index (χ2v) is 6.49. The predicted octanol–water partition coefficient (Wildman–Crippen LogP) is 2.48. The van der Waals surface area contributed by atoms with Gasteiger partial charge < -0.3 is 14.4 Å². The maximum Gasteiger partial charge on any atom is 0.162 e. The highest BCUT2D eigenvalue weighted by molar-refractivity contribution is 6.30. The van der Waals surface area contributed by atoms with E-state index >= 15 is 0 Å². The van der Waals surface area contributed by atoms with Gasteiger partial charge in [-0.05, 0) is 24.1 Å². The first-order valence-electron chi connectivity index (χ1n) is 7.73. The minimum Gasteiger partial charge on any atom is -0.391 e. The molecule has 1 unspecified atom stereocenters. The van der Waals surface area contributed by atoms with E-state index in [1.807, 2.05) is 30.3 Å². The van der Waals surface area contributed by atoms with Crippen LogP contribution < -0.4 is 0 Å². The molecule has 3 rings (SSSR count). The Morgan fingerprint density at radius 1 is 1.43 bits per heavy atom. The number of ether oxygens (including phenoxy) is 1. The fourth-order valence-corrected chi connectivity index (χ4v) is 3.15. The summed E-state index contributed by atoms with van der Waals surface area (Å²) in [6, 6.07) is 9.59. The third kappa shape index (κ3) is 4.32. The molecule has 0 saturated carbocycles. The van der Waals surface area contributed by atoms with Crippen molar-refractivity contribution in [3.8, 4) is 0 Å². The Labute approximate surface area is 140 Å². The number of β-amino-alcohol motifs (C(OH)–C–C–N with tert-alkyl or cyclic N) is 1. The number of benzene rings is 1. The molecule has 2 heterocycles. The Hall–Kier alpha value is -1.40. The number of aromatic nitrogens is 1. The molecule has 0 amide bonds. The second kappa shape index (κ2) is 7.45. The molecule has 1 atom stereocenters. The van der Waals surface area contributed by atoms with E-state index < -0.39 is 6.10 Å². The number of halogens is 1. The number of hydrogen-bond acceptors (Lipinski definition) is 5. The van der Waals surface area contributed by atoms with Gasteiger partial charge in [-0.2, -0.15) is 0 Å². The molecule has 1 N–H and O–H groups in total. The third-order valence-electron chi connectivity index (χ3n) is 4.07. The Morgan fingerprint density at radius 3 is 3.00 bits per heavy atom. The number of methoxy groups -OCH3 is 1. The lowest BCUT2D eigenvalue weighted by Crippen LogP contribution is -2.48. The standard InChI is InChI=1S/C17H21ClN2O3/c1-22-11-16-7-17(19-23-16)13-8-20(9-13)10-15(21)6-12-3-2-4-14(18)5-12/h2-5,7,13,15,21H,6,8-11H2,1H3. The molecule has 1 aliphatic heterocycles. The lowest BCUT2D eigenvalue weighted by molar-refractivity contribution is 0.0632. The second-order valence-electron chi connectivity index (χ2n) is 6.05. The van der Waals surface area contributed by atoms with Crippen molar-refractivity contribution in [2.24, 2.45) is 0 Å². The van der Waals surface area contributed by atoms with E-state index in [0.717, 1.165) is 30.1 Å². The van der Waals surface area contributed by atoms with Crippen molar-refractivity contribution in [3.63, 3.8) is 0 Å². The maximum absolute atomic E-state index is 10.2. The van der Waals surface area contributed by atoms with Crippen molar-refractivity contribution < 1.29 is 14.4 Å². The largest absolute Gasteiger partial charge is 0.391 e. The topological polar surface area (TPSA) is 58.7 Å². The molecule has 1 aliphatic rings. The van der Waals surface area contributed by atoms with Crippen molar-refractivity contribution in [1.29, 1.82) is 0 Å². The Balaban J connectivity index is 1.44. The summed E-state index contributed by atoms with van der Waals surface area (Å²) in [6.07, 6.45) is 0.222. The van der Waals surface area contributed by atoms with Gasteiger partial charge in [0.1, 0.15) is 6.61 Å². The van der Waals surface area contributed by atoms with Crippen LogP contribution in [0.5, 0.6) is 0 Å². The smallest absolute Gasteiger partial charge is 0.162 e. The predicted molar refractivity (Wildman–Crippen MR) is 87.6 cm³/mol. The number of aliphatic hydroxyl groups is 1. The van der Waals surface area contributed by atoms with E-state index in [9.17, 15) is 5.11 Å². The molecule has 1 aromatic heterocycles. The molecule has 0 spiro atoms. The summed E-state index contributed by atoms with van der Waals surface area (Å²) in [5.41, 5.74) is 2.03. The number of nitrogens with zero attached hydrogens (tertiary/aromatic N) is 2. The fourth-order valence-electron chi connectivity index (χ4n) is 2.94. The van der Waals surface area contributed by atoms with Crippen LogP contribution in [0.15, 0.2) is 34.9 Å². The summed E-state index contributed by atoms with van der Waals surface area (Å²) < 4.78 is 10.2. The summed E-state index contributed by atoms with van der Waals surface area (Å²) in [5.74, 6) is 1.13. The monoisotopic (exact) mass is 336 g/mol. The van der Waals surface area contributed by atoms with Crippen LogP contribution >= 0.6 is 11.6 Å².